The van der Waals surface area contributed by atoms with Crippen molar-refractivity contribution in [1.29, 1.82) is 0 Å². The molecule has 1 fully saturated rings. The quantitative estimate of drug-likeness (QED) is 0.728. The van der Waals surface area contributed by atoms with Crippen LogP contribution >= 0.6 is 0 Å². The van der Waals surface area contributed by atoms with Crippen molar-refractivity contribution in [3.05, 3.63) is 48.0 Å². The highest BCUT2D eigenvalue weighted by Crippen LogP contribution is 2.27. The first-order chi connectivity index (χ1) is 7.68. The van der Waals surface area contributed by atoms with Gasteiger partial charge in [0.2, 0.25) is 0 Å². The Balaban J connectivity index is 2.21. The van der Waals surface area contributed by atoms with E-state index in [0.717, 1.165) is 11.1 Å². The normalized spacial score (nSPS) is 19.7. The molecule has 0 N–H and O–H groups in total. The second kappa shape index (κ2) is 4.39. The van der Waals surface area contributed by atoms with E-state index in [9.17, 15) is 4.79 Å². The number of carbonyl (C=O) groups is 1. The second-order valence-electron chi connectivity index (χ2n) is 4.09. The predicted molar refractivity (Wildman–Crippen MR) is 62.1 cm³/mol. The number of carbonyl (C=O) groups excluding carboxylic acids is 1. The molecule has 0 unspecified atom stereocenters. The van der Waals surface area contributed by atoms with Crippen LogP contribution < -0.4 is 0 Å². The Hall–Kier alpha value is -1.77. The zero-order chi connectivity index (χ0) is 11.5. The molecule has 84 valence electrons. The Labute approximate surface area is 95.3 Å². The molecule has 2 rings (SSSR count). The monoisotopic (exact) mass is 217 g/mol. The van der Waals surface area contributed by atoms with Gasteiger partial charge in [0.15, 0.2) is 0 Å². The van der Waals surface area contributed by atoms with E-state index in [1.807, 2.05) is 37.3 Å². The minimum Gasteiger partial charge on any atom is -0.447 e. The SMILES string of the molecule is C=C(C)CN1C(=O)OC[C@@H]1c1ccccc1. The van der Waals surface area contributed by atoms with Gasteiger partial charge in [-0.25, -0.2) is 4.79 Å². The number of nitrogens with zero attached hydrogens (tertiary/aromatic N) is 1. The molecule has 0 saturated carbocycles. The number of amides is 1. The van der Waals surface area contributed by atoms with Crippen LogP contribution in [0.1, 0.15) is 18.5 Å². The van der Waals surface area contributed by atoms with E-state index in [-0.39, 0.29) is 12.1 Å². The lowest BCUT2D eigenvalue weighted by atomic mass is 10.1. The van der Waals surface area contributed by atoms with Crippen LogP contribution in [-0.4, -0.2) is 24.1 Å². The maximum Gasteiger partial charge on any atom is 0.410 e. The van der Waals surface area contributed by atoms with E-state index in [2.05, 4.69) is 6.58 Å². The molecule has 1 amide bonds. The van der Waals surface area contributed by atoms with Crippen molar-refractivity contribution < 1.29 is 9.53 Å². The topological polar surface area (TPSA) is 29.5 Å². The maximum atomic E-state index is 11.6. The van der Waals surface area contributed by atoms with Gasteiger partial charge in [0, 0.05) is 6.54 Å². The Kier molecular flexibility index (Phi) is 2.95. The molecular weight excluding hydrogens is 202 g/mol. The van der Waals surface area contributed by atoms with Gasteiger partial charge in [0.05, 0.1) is 6.04 Å². The Morgan fingerprint density at radius 3 is 2.81 bits per heavy atom. The first kappa shape index (κ1) is 10.7. The van der Waals surface area contributed by atoms with Crippen molar-refractivity contribution in [2.75, 3.05) is 13.2 Å². The van der Waals surface area contributed by atoms with Gasteiger partial charge in [-0.1, -0.05) is 42.5 Å². The fourth-order valence-electron chi connectivity index (χ4n) is 1.87. The Morgan fingerprint density at radius 1 is 1.50 bits per heavy atom. The molecule has 1 aliphatic heterocycles. The van der Waals surface area contributed by atoms with Crippen molar-refractivity contribution in [3.8, 4) is 0 Å². The van der Waals surface area contributed by atoms with Crippen molar-refractivity contribution in [3.63, 3.8) is 0 Å². The van der Waals surface area contributed by atoms with Crippen LogP contribution in [0.2, 0.25) is 0 Å². The van der Waals surface area contributed by atoms with Crippen molar-refractivity contribution in [1.82, 2.24) is 4.90 Å². The van der Waals surface area contributed by atoms with Gasteiger partial charge in [-0.3, -0.25) is 4.90 Å². The smallest absolute Gasteiger partial charge is 0.410 e. The molecular formula is C13H15NO2. The summed E-state index contributed by atoms with van der Waals surface area (Å²) in [6.45, 7) is 6.72. The number of hydrogen-bond acceptors (Lipinski definition) is 2. The van der Waals surface area contributed by atoms with E-state index in [1.165, 1.54) is 0 Å². The molecule has 1 saturated heterocycles. The van der Waals surface area contributed by atoms with Gasteiger partial charge in [-0.05, 0) is 12.5 Å². The second-order valence-corrected chi connectivity index (χ2v) is 4.09. The summed E-state index contributed by atoms with van der Waals surface area (Å²) in [5.74, 6) is 0. The third-order valence-electron chi connectivity index (χ3n) is 2.60. The summed E-state index contributed by atoms with van der Waals surface area (Å²) in [6.07, 6.45) is -0.253. The number of cyclic esters (lactones) is 1. The molecule has 0 radical (unpaired) electrons. The summed E-state index contributed by atoms with van der Waals surface area (Å²) in [5, 5.41) is 0. The van der Waals surface area contributed by atoms with Gasteiger partial charge in [0.25, 0.3) is 0 Å². The zero-order valence-corrected chi connectivity index (χ0v) is 9.35. The van der Waals surface area contributed by atoms with Crippen LogP contribution in [0.4, 0.5) is 4.79 Å². The third-order valence-corrected chi connectivity index (χ3v) is 2.60. The van der Waals surface area contributed by atoms with Gasteiger partial charge >= 0.3 is 6.09 Å². The predicted octanol–water partition coefficient (Wildman–Crippen LogP) is 2.76. The van der Waals surface area contributed by atoms with E-state index < -0.39 is 0 Å². The molecule has 1 aromatic carbocycles. The first-order valence-electron chi connectivity index (χ1n) is 5.31. The van der Waals surface area contributed by atoms with E-state index in [1.54, 1.807) is 4.90 Å². The standard InChI is InChI=1S/C13H15NO2/c1-10(2)8-14-12(9-16-13(14)15)11-6-4-3-5-7-11/h3-7,12H,1,8-9H2,2H3/t12-/m1/s1. The molecule has 1 atom stereocenters. The number of hydrogen-bond donors (Lipinski definition) is 0. The first-order valence-corrected chi connectivity index (χ1v) is 5.31. The molecule has 0 bridgehead atoms. The maximum absolute atomic E-state index is 11.6. The number of benzene rings is 1. The number of ether oxygens (including phenoxy) is 1. The molecule has 0 aromatic heterocycles. The molecule has 0 aliphatic carbocycles. The van der Waals surface area contributed by atoms with Gasteiger partial charge < -0.3 is 4.74 Å². The summed E-state index contributed by atoms with van der Waals surface area (Å²) in [5.41, 5.74) is 2.06. The summed E-state index contributed by atoms with van der Waals surface area (Å²) >= 11 is 0. The van der Waals surface area contributed by atoms with Crippen LogP contribution in [0.15, 0.2) is 42.5 Å². The van der Waals surface area contributed by atoms with Gasteiger partial charge in [-0.15, -0.1) is 0 Å². The fourth-order valence-corrected chi connectivity index (χ4v) is 1.87. The summed E-state index contributed by atoms with van der Waals surface area (Å²) in [4.78, 5) is 13.3. The van der Waals surface area contributed by atoms with E-state index in [0.29, 0.717) is 13.2 Å². The number of rotatable bonds is 3. The minimum absolute atomic E-state index is 0.0189. The molecule has 0 spiro atoms. The van der Waals surface area contributed by atoms with Gasteiger partial charge in [0.1, 0.15) is 6.61 Å². The lowest BCUT2D eigenvalue weighted by molar-refractivity contribution is 0.160. The average molecular weight is 217 g/mol. The van der Waals surface area contributed by atoms with Crippen molar-refractivity contribution in [2.45, 2.75) is 13.0 Å². The molecule has 1 aliphatic rings. The highest BCUT2D eigenvalue weighted by atomic mass is 16.6. The highest BCUT2D eigenvalue weighted by molar-refractivity contribution is 5.70. The Bertz CT molecular complexity index is 400. The summed E-state index contributed by atoms with van der Waals surface area (Å²) in [7, 11) is 0. The van der Waals surface area contributed by atoms with Crippen LogP contribution in [0.25, 0.3) is 0 Å². The van der Waals surface area contributed by atoms with Crippen LogP contribution in [0, 0.1) is 0 Å². The van der Waals surface area contributed by atoms with Gasteiger partial charge in [-0.2, -0.15) is 0 Å². The van der Waals surface area contributed by atoms with Crippen molar-refractivity contribution >= 4 is 6.09 Å². The lowest BCUT2D eigenvalue weighted by Crippen LogP contribution is -2.29. The molecule has 3 heteroatoms. The highest BCUT2D eigenvalue weighted by Gasteiger charge is 2.33. The fraction of sp³-hybridized carbons (Fsp3) is 0.308. The molecule has 1 aromatic rings. The van der Waals surface area contributed by atoms with Crippen molar-refractivity contribution in [2.24, 2.45) is 0 Å². The summed E-state index contributed by atoms with van der Waals surface area (Å²) < 4.78 is 5.08. The molecule has 16 heavy (non-hydrogen) atoms. The third kappa shape index (κ3) is 2.08. The molecule has 3 nitrogen and oxygen atoms in total. The molecule has 1 heterocycles. The largest absolute Gasteiger partial charge is 0.447 e. The van der Waals surface area contributed by atoms with E-state index >= 15 is 0 Å². The minimum atomic E-state index is -0.253. The van der Waals surface area contributed by atoms with E-state index in [4.69, 9.17) is 4.74 Å². The lowest BCUT2D eigenvalue weighted by Gasteiger charge is -2.21. The average Bonchev–Trinajstić information content (AvgIpc) is 2.61. The van der Waals surface area contributed by atoms with Crippen LogP contribution in [0.5, 0.6) is 0 Å². The Morgan fingerprint density at radius 2 is 2.19 bits per heavy atom. The van der Waals surface area contributed by atoms with Crippen LogP contribution in [0.3, 0.4) is 0 Å². The van der Waals surface area contributed by atoms with Crippen LogP contribution in [-0.2, 0) is 4.74 Å². The zero-order valence-electron chi connectivity index (χ0n) is 9.35. The summed E-state index contributed by atoms with van der Waals surface area (Å²) in [6, 6.07) is 9.94.